The van der Waals surface area contributed by atoms with E-state index in [0.29, 0.717) is 24.1 Å². The zero-order chi connectivity index (χ0) is 23.4. The van der Waals surface area contributed by atoms with E-state index in [1.54, 1.807) is 12.3 Å². The summed E-state index contributed by atoms with van der Waals surface area (Å²) in [6.45, 7) is 15.8. The summed E-state index contributed by atoms with van der Waals surface area (Å²) in [5.74, 6) is -0.200. The molecule has 0 aliphatic carbocycles. The molecule has 0 aliphatic rings. The Balaban J connectivity index is 2.29. The lowest BCUT2D eigenvalue weighted by Crippen LogP contribution is -2.55. The van der Waals surface area contributed by atoms with E-state index in [4.69, 9.17) is 4.74 Å². The van der Waals surface area contributed by atoms with E-state index in [1.807, 2.05) is 46.2 Å². The fourth-order valence-corrected chi connectivity index (χ4v) is 3.41. The lowest BCUT2D eigenvalue weighted by atomic mass is 9.92. The number of rotatable bonds is 8. The molecule has 172 valence electrons. The lowest BCUT2D eigenvalue weighted by Gasteiger charge is -2.33. The van der Waals surface area contributed by atoms with Crippen LogP contribution in [0.3, 0.4) is 0 Å². The third kappa shape index (κ3) is 5.95. The molecule has 31 heavy (non-hydrogen) atoms. The van der Waals surface area contributed by atoms with Gasteiger partial charge in [0.05, 0.1) is 28.7 Å². The van der Waals surface area contributed by atoms with E-state index in [-0.39, 0.29) is 18.5 Å². The van der Waals surface area contributed by atoms with Crippen molar-refractivity contribution in [1.82, 2.24) is 25.4 Å². The molecule has 1 atom stereocenters. The third-order valence-corrected chi connectivity index (χ3v) is 5.65. The van der Waals surface area contributed by atoms with Crippen LogP contribution in [0.25, 0.3) is 11.0 Å². The van der Waals surface area contributed by atoms with E-state index in [1.165, 1.54) is 0 Å². The van der Waals surface area contributed by atoms with Crippen LogP contribution in [0, 0.1) is 6.92 Å². The number of hydrogen-bond donors (Lipinski definition) is 2. The first-order valence-corrected chi connectivity index (χ1v) is 11.1. The molecular formula is C23H37N5O3. The van der Waals surface area contributed by atoms with Gasteiger partial charge in [0.1, 0.15) is 5.60 Å². The van der Waals surface area contributed by atoms with Crippen molar-refractivity contribution in [2.24, 2.45) is 0 Å². The molecule has 0 bridgehead atoms. The van der Waals surface area contributed by atoms with E-state index < -0.39 is 17.2 Å². The Bertz CT molecular complexity index is 925. The molecular weight excluding hydrogens is 394 g/mol. The summed E-state index contributed by atoms with van der Waals surface area (Å²) in [4.78, 5) is 30.1. The smallest absolute Gasteiger partial charge is 0.407 e. The van der Waals surface area contributed by atoms with Gasteiger partial charge in [0.15, 0.2) is 5.65 Å². The second-order valence-electron chi connectivity index (χ2n) is 9.19. The molecule has 8 nitrogen and oxygen atoms in total. The molecule has 2 N–H and O–H groups in total. The summed E-state index contributed by atoms with van der Waals surface area (Å²) >= 11 is 0. The van der Waals surface area contributed by atoms with Crippen LogP contribution in [0.4, 0.5) is 4.79 Å². The molecule has 2 amide bonds. The molecule has 0 radical (unpaired) electrons. The third-order valence-electron chi connectivity index (χ3n) is 5.65. The van der Waals surface area contributed by atoms with Crippen LogP contribution >= 0.6 is 0 Å². The molecule has 1 unspecified atom stereocenters. The van der Waals surface area contributed by atoms with Gasteiger partial charge in [-0.25, -0.2) is 14.5 Å². The van der Waals surface area contributed by atoms with Crippen LogP contribution in [0.5, 0.6) is 0 Å². The summed E-state index contributed by atoms with van der Waals surface area (Å²) in [5.41, 5.74) is 0.841. The Hall–Kier alpha value is -2.64. The maximum absolute atomic E-state index is 13.3. The number of ether oxygens (including phenoxy) is 1. The summed E-state index contributed by atoms with van der Waals surface area (Å²) in [7, 11) is 0. The Morgan fingerprint density at radius 1 is 1.19 bits per heavy atom. The minimum atomic E-state index is -0.593. The first kappa shape index (κ1) is 24.6. The predicted molar refractivity (Wildman–Crippen MR) is 122 cm³/mol. The highest BCUT2D eigenvalue weighted by atomic mass is 16.6. The van der Waals surface area contributed by atoms with Gasteiger partial charge in [0, 0.05) is 12.2 Å². The number of fused-ring (bicyclic) bond motifs is 1. The van der Waals surface area contributed by atoms with Gasteiger partial charge in [-0.15, -0.1) is 0 Å². The largest absolute Gasteiger partial charge is 0.444 e. The molecule has 2 aromatic rings. The summed E-state index contributed by atoms with van der Waals surface area (Å²) in [6.07, 6.45) is 3.44. The van der Waals surface area contributed by atoms with Crippen molar-refractivity contribution in [2.75, 3.05) is 6.54 Å². The number of carbonyl (C=O) groups excluding carboxylic acids is 2. The fraction of sp³-hybridized carbons (Fsp3) is 0.652. The minimum absolute atomic E-state index is 0.186. The van der Waals surface area contributed by atoms with Crippen molar-refractivity contribution in [1.29, 1.82) is 0 Å². The zero-order valence-corrected chi connectivity index (χ0v) is 20.1. The standard InChI is InChI=1S/C23H37N5O3/c1-9-16(5)28-19-18(13-25-28)17(12-15(4)26-19)20(29)27-23(10-2,11-3)14-24-21(30)31-22(6,7)8/h12-13,16H,9-11,14H2,1-8H3,(H,24,30)(H,27,29). The highest BCUT2D eigenvalue weighted by Crippen LogP contribution is 2.24. The number of aromatic nitrogens is 3. The molecule has 0 spiro atoms. The number of amides is 2. The summed E-state index contributed by atoms with van der Waals surface area (Å²) < 4.78 is 7.21. The molecule has 0 aliphatic heterocycles. The first-order valence-electron chi connectivity index (χ1n) is 11.1. The minimum Gasteiger partial charge on any atom is -0.444 e. The van der Waals surface area contributed by atoms with Crippen LogP contribution in [0.15, 0.2) is 12.3 Å². The van der Waals surface area contributed by atoms with Gasteiger partial charge in [-0.2, -0.15) is 5.10 Å². The number of nitrogens with one attached hydrogen (secondary N) is 2. The Morgan fingerprint density at radius 2 is 1.84 bits per heavy atom. The SMILES string of the molecule is CCC(C)n1ncc2c(C(=O)NC(CC)(CC)CNC(=O)OC(C)(C)C)cc(C)nc21. The number of alkyl carbamates (subject to hydrolysis) is 1. The van der Waals surface area contributed by atoms with Crippen LogP contribution in [-0.2, 0) is 4.74 Å². The van der Waals surface area contributed by atoms with Gasteiger partial charge >= 0.3 is 6.09 Å². The second-order valence-corrected chi connectivity index (χ2v) is 9.19. The van der Waals surface area contributed by atoms with Gasteiger partial charge in [-0.3, -0.25) is 4.79 Å². The number of carbonyl (C=O) groups is 2. The van der Waals surface area contributed by atoms with E-state index in [9.17, 15) is 9.59 Å². The molecule has 2 rings (SSSR count). The molecule has 0 fully saturated rings. The maximum atomic E-state index is 13.3. The number of hydrogen-bond acceptors (Lipinski definition) is 5. The van der Waals surface area contributed by atoms with Crippen LogP contribution in [0.2, 0.25) is 0 Å². The summed E-state index contributed by atoms with van der Waals surface area (Å²) in [6, 6.07) is 1.98. The Kier molecular flexibility index (Phi) is 7.68. The van der Waals surface area contributed by atoms with Crippen molar-refractivity contribution >= 4 is 23.0 Å². The average Bonchev–Trinajstić information content (AvgIpc) is 3.12. The number of nitrogens with zero attached hydrogens (tertiary/aromatic N) is 3. The zero-order valence-electron chi connectivity index (χ0n) is 20.1. The lowest BCUT2D eigenvalue weighted by molar-refractivity contribution is 0.0502. The van der Waals surface area contributed by atoms with E-state index >= 15 is 0 Å². The van der Waals surface area contributed by atoms with Crippen molar-refractivity contribution in [2.45, 2.75) is 91.8 Å². The van der Waals surface area contributed by atoms with Crippen LogP contribution in [0.1, 0.15) is 89.8 Å². The molecule has 8 heteroatoms. The Morgan fingerprint density at radius 3 is 2.39 bits per heavy atom. The van der Waals surface area contributed by atoms with Crippen molar-refractivity contribution in [3.63, 3.8) is 0 Å². The monoisotopic (exact) mass is 431 g/mol. The second kappa shape index (κ2) is 9.66. The highest BCUT2D eigenvalue weighted by molar-refractivity contribution is 6.05. The van der Waals surface area contributed by atoms with Crippen molar-refractivity contribution < 1.29 is 14.3 Å². The Labute approximate surface area is 185 Å². The molecule has 2 aromatic heterocycles. The molecule has 0 saturated heterocycles. The van der Waals surface area contributed by atoms with Gasteiger partial charge < -0.3 is 15.4 Å². The average molecular weight is 432 g/mol. The van der Waals surface area contributed by atoms with Crippen molar-refractivity contribution in [3.05, 3.63) is 23.5 Å². The molecule has 2 heterocycles. The summed E-state index contributed by atoms with van der Waals surface area (Å²) in [5, 5.41) is 11.2. The highest BCUT2D eigenvalue weighted by Gasteiger charge is 2.31. The predicted octanol–water partition coefficient (Wildman–Crippen LogP) is 4.52. The number of pyridine rings is 1. The quantitative estimate of drug-likeness (QED) is 0.640. The van der Waals surface area contributed by atoms with Gasteiger partial charge in [0.25, 0.3) is 5.91 Å². The topological polar surface area (TPSA) is 98.1 Å². The van der Waals surface area contributed by atoms with E-state index in [0.717, 1.165) is 17.5 Å². The fourth-order valence-electron chi connectivity index (χ4n) is 3.41. The van der Waals surface area contributed by atoms with Crippen LogP contribution < -0.4 is 10.6 Å². The van der Waals surface area contributed by atoms with Gasteiger partial charge in [0.2, 0.25) is 0 Å². The molecule has 0 saturated carbocycles. The number of aryl methyl sites for hydroxylation is 1. The normalized spacial score (nSPS) is 13.2. The van der Waals surface area contributed by atoms with Gasteiger partial charge in [-0.1, -0.05) is 20.8 Å². The first-order chi connectivity index (χ1) is 14.4. The van der Waals surface area contributed by atoms with Crippen molar-refractivity contribution in [3.8, 4) is 0 Å². The molecule has 0 aromatic carbocycles. The van der Waals surface area contributed by atoms with Gasteiger partial charge in [-0.05, 0) is 59.9 Å². The maximum Gasteiger partial charge on any atom is 0.407 e. The van der Waals surface area contributed by atoms with E-state index in [2.05, 4.69) is 34.6 Å². The van der Waals surface area contributed by atoms with Crippen LogP contribution in [-0.4, -0.2) is 44.4 Å².